The molecular weight excluding hydrogens is 274 g/mol. The SMILES string of the molecule is O=C1CC[C@]23C(=O)/C(=C/c4ccccc4)C[C@@H]2CCCCN13. The molecule has 1 aliphatic carbocycles. The third-order valence-corrected chi connectivity index (χ3v) is 5.65. The van der Waals surface area contributed by atoms with Gasteiger partial charge in [-0.25, -0.2) is 0 Å². The van der Waals surface area contributed by atoms with E-state index < -0.39 is 5.54 Å². The van der Waals surface area contributed by atoms with Crippen molar-refractivity contribution in [2.75, 3.05) is 6.54 Å². The molecule has 2 atom stereocenters. The standard InChI is InChI=1S/C19H21NO2/c21-17-9-10-19-16(8-4-5-11-20(17)19)13-15(18(19)22)12-14-6-2-1-3-7-14/h1-3,6-7,12,16H,4-5,8-11,13H2/b15-12+/t16-,19+/m0/s1. The molecule has 3 heteroatoms. The summed E-state index contributed by atoms with van der Waals surface area (Å²) in [5.74, 6) is 0.722. The van der Waals surface area contributed by atoms with Crippen LogP contribution in [0.4, 0.5) is 0 Å². The third-order valence-electron chi connectivity index (χ3n) is 5.65. The fourth-order valence-corrected chi connectivity index (χ4v) is 4.64. The first-order valence-corrected chi connectivity index (χ1v) is 8.33. The first kappa shape index (κ1) is 13.7. The van der Waals surface area contributed by atoms with Crippen molar-refractivity contribution >= 4 is 17.8 Å². The monoisotopic (exact) mass is 295 g/mol. The highest BCUT2D eigenvalue weighted by atomic mass is 16.2. The number of ketones is 1. The average Bonchev–Trinajstić information content (AvgIpc) is 2.91. The number of hydrogen-bond donors (Lipinski definition) is 0. The Bertz CT molecular complexity index is 649. The van der Waals surface area contributed by atoms with E-state index in [1.165, 1.54) is 0 Å². The molecule has 0 radical (unpaired) electrons. The first-order chi connectivity index (χ1) is 10.7. The summed E-state index contributed by atoms with van der Waals surface area (Å²) < 4.78 is 0. The first-order valence-electron chi connectivity index (χ1n) is 8.33. The Kier molecular flexibility index (Phi) is 3.17. The van der Waals surface area contributed by atoms with Crippen LogP contribution in [0.2, 0.25) is 0 Å². The van der Waals surface area contributed by atoms with E-state index in [0.717, 1.165) is 49.8 Å². The van der Waals surface area contributed by atoms with Gasteiger partial charge in [-0.15, -0.1) is 0 Å². The largest absolute Gasteiger partial charge is 0.329 e. The molecule has 1 aromatic rings. The minimum atomic E-state index is -0.506. The summed E-state index contributed by atoms with van der Waals surface area (Å²) in [6, 6.07) is 10.0. The summed E-state index contributed by atoms with van der Waals surface area (Å²) in [6.45, 7) is 0.764. The Morgan fingerprint density at radius 1 is 1.14 bits per heavy atom. The molecule has 2 saturated heterocycles. The topological polar surface area (TPSA) is 37.4 Å². The normalized spacial score (nSPS) is 33.0. The van der Waals surface area contributed by atoms with Crippen molar-refractivity contribution < 1.29 is 9.59 Å². The second kappa shape index (κ2) is 5.08. The zero-order valence-corrected chi connectivity index (χ0v) is 12.8. The molecule has 1 aromatic carbocycles. The van der Waals surface area contributed by atoms with E-state index in [2.05, 4.69) is 0 Å². The van der Waals surface area contributed by atoms with Crippen LogP contribution in [0.5, 0.6) is 0 Å². The molecular formula is C19H21NO2. The number of carbonyl (C=O) groups excluding carboxylic acids is 2. The van der Waals surface area contributed by atoms with Crippen LogP contribution in [0.15, 0.2) is 35.9 Å². The molecule has 1 saturated carbocycles. The molecule has 2 heterocycles. The van der Waals surface area contributed by atoms with Gasteiger partial charge >= 0.3 is 0 Å². The van der Waals surface area contributed by atoms with E-state index in [4.69, 9.17) is 0 Å². The number of hydrogen-bond acceptors (Lipinski definition) is 2. The minimum absolute atomic E-state index is 0.182. The average molecular weight is 295 g/mol. The molecule has 22 heavy (non-hydrogen) atoms. The summed E-state index contributed by atoms with van der Waals surface area (Å²) in [4.78, 5) is 27.4. The van der Waals surface area contributed by atoms with Gasteiger partial charge in [0.15, 0.2) is 5.78 Å². The summed E-state index contributed by atoms with van der Waals surface area (Å²) in [5, 5.41) is 0. The zero-order valence-electron chi connectivity index (χ0n) is 12.8. The number of nitrogens with zero attached hydrogens (tertiary/aromatic N) is 1. The van der Waals surface area contributed by atoms with Gasteiger partial charge in [-0.05, 0) is 48.8 Å². The highest BCUT2D eigenvalue weighted by molar-refractivity contribution is 6.11. The van der Waals surface area contributed by atoms with E-state index in [9.17, 15) is 9.59 Å². The summed E-state index contributed by atoms with van der Waals surface area (Å²) in [6.07, 6.45) is 7.37. The molecule has 114 valence electrons. The Balaban J connectivity index is 1.75. The summed E-state index contributed by atoms with van der Waals surface area (Å²) in [7, 11) is 0. The quantitative estimate of drug-likeness (QED) is 0.746. The van der Waals surface area contributed by atoms with E-state index in [0.29, 0.717) is 12.3 Å². The van der Waals surface area contributed by atoms with Crippen LogP contribution in [0.25, 0.3) is 6.08 Å². The molecule has 3 aliphatic rings. The molecule has 1 spiro atoms. The van der Waals surface area contributed by atoms with Crippen LogP contribution in [0, 0.1) is 5.92 Å². The number of carbonyl (C=O) groups is 2. The number of benzene rings is 1. The van der Waals surface area contributed by atoms with Crippen LogP contribution in [-0.2, 0) is 9.59 Å². The van der Waals surface area contributed by atoms with Gasteiger partial charge in [-0.1, -0.05) is 36.8 Å². The maximum Gasteiger partial charge on any atom is 0.223 e. The van der Waals surface area contributed by atoms with Crippen LogP contribution in [0.1, 0.15) is 44.1 Å². The molecule has 0 bridgehead atoms. The lowest BCUT2D eigenvalue weighted by Crippen LogP contribution is -2.52. The highest BCUT2D eigenvalue weighted by Gasteiger charge is 2.60. The van der Waals surface area contributed by atoms with Gasteiger partial charge < -0.3 is 4.90 Å². The summed E-state index contributed by atoms with van der Waals surface area (Å²) in [5.41, 5.74) is 1.49. The Morgan fingerprint density at radius 3 is 2.77 bits per heavy atom. The molecule has 0 aromatic heterocycles. The Morgan fingerprint density at radius 2 is 1.95 bits per heavy atom. The number of Topliss-reactive ketones (excluding diaryl/α,β-unsaturated/α-hetero) is 1. The smallest absolute Gasteiger partial charge is 0.223 e. The second-order valence-corrected chi connectivity index (χ2v) is 6.78. The molecule has 4 rings (SSSR count). The lowest BCUT2D eigenvalue weighted by molar-refractivity contribution is -0.138. The van der Waals surface area contributed by atoms with Gasteiger partial charge in [-0.2, -0.15) is 0 Å². The lowest BCUT2D eigenvalue weighted by Gasteiger charge is -2.36. The van der Waals surface area contributed by atoms with Gasteiger partial charge in [0, 0.05) is 13.0 Å². The van der Waals surface area contributed by atoms with Crippen molar-refractivity contribution in [2.24, 2.45) is 5.92 Å². The predicted molar refractivity (Wildman–Crippen MR) is 85.1 cm³/mol. The fraction of sp³-hybridized carbons (Fsp3) is 0.474. The number of amides is 1. The Hall–Kier alpha value is -1.90. The third kappa shape index (κ3) is 1.88. The molecule has 1 amide bonds. The van der Waals surface area contributed by atoms with Crippen LogP contribution < -0.4 is 0 Å². The van der Waals surface area contributed by atoms with Crippen molar-refractivity contribution in [3.8, 4) is 0 Å². The van der Waals surface area contributed by atoms with Gasteiger partial charge in [-0.3, -0.25) is 9.59 Å². The van der Waals surface area contributed by atoms with E-state index in [1.54, 1.807) is 0 Å². The van der Waals surface area contributed by atoms with Gasteiger partial charge in [0.25, 0.3) is 0 Å². The van der Waals surface area contributed by atoms with Crippen LogP contribution in [0.3, 0.4) is 0 Å². The second-order valence-electron chi connectivity index (χ2n) is 6.78. The Labute approximate surface area is 131 Å². The maximum absolute atomic E-state index is 13.2. The van der Waals surface area contributed by atoms with Crippen molar-refractivity contribution in [1.82, 2.24) is 4.90 Å². The van der Waals surface area contributed by atoms with E-state index >= 15 is 0 Å². The van der Waals surface area contributed by atoms with Crippen LogP contribution in [-0.4, -0.2) is 28.7 Å². The number of rotatable bonds is 1. The molecule has 3 fully saturated rings. The molecule has 0 unspecified atom stereocenters. The van der Waals surface area contributed by atoms with Crippen LogP contribution >= 0.6 is 0 Å². The van der Waals surface area contributed by atoms with Crippen molar-refractivity contribution in [2.45, 2.75) is 44.1 Å². The molecule has 3 nitrogen and oxygen atoms in total. The minimum Gasteiger partial charge on any atom is -0.329 e. The molecule has 0 N–H and O–H groups in total. The van der Waals surface area contributed by atoms with E-state index in [1.807, 2.05) is 41.3 Å². The van der Waals surface area contributed by atoms with Gasteiger partial charge in [0.1, 0.15) is 5.54 Å². The fourth-order valence-electron chi connectivity index (χ4n) is 4.64. The van der Waals surface area contributed by atoms with Crippen molar-refractivity contribution in [3.05, 3.63) is 41.5 Å². The van der Waals surface area contributed by atoms with E-state index in [-0.39, 0.29) is 11.7 Å². The van der Waals surface area contributed by atoms with Crippen molar-refractivity contribution in [1.29, 1.82) is 0 Å². The highest BCUT2D eigenvalue weighted by Crippen LogP contribution is 2.51. The van der Waals surface area contributed by atoms with Gasteiger partial charge in [0.2, 0.25) is 5.91 Å². The van der Waals surface area contributed by atoms with Gasteiger partial charge in [0.05, 0.1) is 0 Å². The van der Waals surface area contributed by atoms with Crippen molar-refractivity contribution in [3.63, 3.8) is 0 Å². The molecule has 2 aliphatic heterocycles. The summed E-state index contributed by atoms with van der Waals surface area (Å²) >= 11 is 0. The predicted octanol–water partition coefficient (Wildman–Crippen LogP) is 3.20. The zero-order chi connectivity index (χ0) is 15.2. The maximum atomic E-state index is 13.2. The lowest BCUT2D eigenvalue weighted by atomic mass is 9.82.